The highest BCUT2D eigenvalue weighted by atomic mass is 35.5. The van der Waals surface area contributed by atoms with E-state index in [1.165, 1.54) is 0 Å². The molecule has 0 bridgehead atoms. The van der Waals surface area contributed by atoms with E-state index < -0.39 is 30.1 Å². The van der Waals surface area contributed by atoms with Gasteiger partial charge in [-0.05, 0) is 51.8 Å². The van der Waals surface area contributed by atoms with Crippen molar-refractivity contribution < 1.29 is 19.2 Å². The molecule has 1 aliphatic rings. The maximum absolute atomic E-state index is 11.3. The third kappa shape index (κ3) is 3.32. The summed E-state index contributed by atoms with van der Waals surface area (Å²) >= 11 is 6.32. The lowest BCUT2D eigenvalue weighted by molar-refractivity contribution is -0.137. The molecule has 1 aromatic carbocycles. The first-order valence-electron chi connectivity index (χ1n) is 7.37. The normalized spacial score (nSPS) is 20.9. The Morgan fingerprint density at radius 1 is 1.27 bits per heavy atom. The van der Waals surface area contributed by atoms with Gasteiger partial charge in [0, 0.05) is 10.8 Å². The molecule has 2 rings (SSSR count). The van der Waals surface area contributed by atoms with E-state index in [1.54, 1.807) is 0 Å². The van der Waals surface area contributed by atoms with Crippen LogP contribution >= 0.6 is 11.6 Å². The van der Waals surface area contributed by atoms with Crippen molar-refractivity contribution in [2.24, 2.45) is 0 Å². The Morgan fingerprint density at radius 2 is 1.82 bits per heavy atom. The second kappa shape index (κ2) is 5.87. The topological polar surface area (TPSA) is 55.8 Å². The van der Waals surface area contributed by atoms with E-state index in [9.17, 15) is 9.90 Å². The standard InChI is InChI=1S/C16H22BClO4/c1-10-6-7-11(13(18)8-10)12(9-14(19)20)17-21-15(2,3)16(4,5)22-17/h6-8,12H,9H2,1-5H3,(H,19,20). The van der Waals surface area contributed by atoms with Gasteiger partial charge < -0.3 is 14.4 Å². The summed E-state index contributed by atoms with van der Waals surface area (Å²) in [4.78, 5) is 11.3. The first-order chi connectivity index (χ1) is 10.0. The summed E-state index contributed by atoms with van der Waals surface area (Å²) in [6, 6.07) is 5.61. The van der Waals surface area contributed by atoms with Gasteiger partial charge in [-0.2, -0.15) is 0 Å². The van der Waals surface area contributed by atoms with Gasteiger partial charge in [-0.1, -0.05) is 23.7 Å². The molecular formula is C16H22BClO4. The molecule has 1 atom stereocenters. The summed E-state index contributed by atoms with van der Waals surface area (Å²) in [5, 5.41) is 9.80. The average Bonchev–Trinajstić information content (AvgIpc) is 2.56. The first-order valence-corrected chi connectivity index (χ1v) is 7.75. The highest BCUT2D eigenvalue weighted by Crippen LogP contribution is 2.42. The first kappa shape index (κ1) is 17.3. The highest BCUT2D eigenvalue weighted by molar-refractivity contribution is 6.48. The zero-order chi connectivity index (χ0) is 16.7. The molecule has 0 spiro atoms. The Labute approximate surface area is 136 Å². The summed E-state index contributed by atoms with van der Waals surface area (Å²) in [5.74, 6) is -1.36. The summed E-state index contributed by atoms with van der Waals surface area (Å²) in [7, 11) is -0.638. The van der Waals surface area contributed by atoms with Crippen LogP contribution in [-0.4, -0.2) is 29.4 Å². The van der Waals surface area contributed by atoms with Gasteiger partial charge in [0.05, 0.1) is 17.6 Å². The molecule has 4 nitrogen and oxygen atoms in total. The van der Waals surface area contributed by atoms with Gasteiger partial charge in [0.2, 0.25) is 0 Å². The van der Waals surface area contributed by atoms with Gasteiger partial charge in [-0.3, -0.25) is 4.79 Å². The van der Waals surface area contributed by atoms with Crippen LogP contribution < -0.4 is 0 Å². The molecule has 1 heterocycles. The number of hydrogen-bond donors (Lipinski definition) is 1. The van der Waals surface area contributed by atoms with Crippen molar-refractivity contribution in [3.63, 3.8) is 0 Å². The number of halogens is 1. The molecule has 0 saturated carbocycles. The largest absolute Gasteiger partial charge is 0.481 e. The van der Waals surface area contributed by atoms with E-state index in [4.69, 9.17) is 20.9 Å². The predicted molar refractivity (Wildman–Crippen MR) is 87.3 cm³/mol. The summed E-state index contributed by atoms with van der Waals surface area (Å²) in [5.41, 5.74) is 0.752. The number of hydrogen-bond acceptors (Lipinski definition) is 3. The lowest BCUT2D eigenvalue weighted by Gasteiger charge is -2.32. The van der Waals surface area contributed by atoms with Crippen molar-refractivity contribution in [1.29, 1.82) is 0 Å². The molecule has 120 valence electrons. The van der Waals surface area contributed by atoms with Gasteiger partial charge in [-0.25, -0.2) is 0 Å². The van der Waals surface area contributed by atoms with Crippen LogP contribution in [0.3, 0.4) is 0 Å². The quantitative estimate of drug-likeness (QED) is 0.855. The summed E-state index contributed by atoms with van der Waals surface area (Å²) in [6.45, 7) is 9.73. The Hall–Kier alpha value is -1.04. The molecule has 1 aliphatic heterocycles. The third-order valence-corrected chi connectivity index (χ3v) is 4.88. The Morgan fingerprint density at radius 3 is 2.27 bits per heavy atom. The Kier molecular flexibility index (Phi) is 4.62. The highest BCUT2D eigenvalue weighted by Gasteiger charge is 2.54. The van der Waals surface area contributed by atoms with Crippen LogP contribution in [0.25, 0.3) is 0 Å². The fourth-order valence-corrected chi connectivity index (χ4v) is 2.90. The molecule has 6 heteroatoms. The summed E-state index contributed by atoms with van der Waals surface area (Å²) < 4.78 is 12.0. The molecule has 0 aromatic heterocycles. The SMILES string of the molecule is Cc1ccc(C(CC(=O)O)B2OC(C)(C)C(C)(C)O2)c(Cl)c1. The molecule has 0 aliphatic carbocycles. The van der Waals surface area contributed by atoms with Crippen LogP contribution in [-0.2, 0) is 14.1 Å². The van der Waals surface area contributed by atoms with Gasteiger partial charge >= 0.3 is 13.1 Å². The van der Waals surface area contributed by atoms with E-state index in [0.29, 0.717) is 5.02 Å². The molecule has 1 N–H and O–H groups in total. The molecule has 1 aromatic rings. The van der Waals surface area contributed by atoms with Crippen molar-refractivity contribution in [3.05, 3.63) is 34.3 Å². The van der Waals surface area contributed by atoms with Crippen LogP contribution in [0.1, 0.15) is 51.1 Å². The van der Waals surface area contributed by atoms with E-state index in [2.05, 4.69) is 0 Å². The molecule has 22 heavy (non-hydrogen) atoms. The molecule has 0 amide bonds. The van der Waals surface area contributed by atoms with Gasteiger partial charge in [0.1, 0.15) is 0 Å². The minimum Gasteiger partial charge on any atom is -0.481 e. The maximum atomic E-state index is 11.3. The van der Waals surface area contributed by atoms with Crippen molar-refractivity contribution in [2.45, 2.75) is 58.1 Å². The molecule has 1 saturated heterocycles. The van der Waals surface area contributed by atoms with E-state index in [-0.39, 0.29) is 6.42 Å². The van der Waals surface area contributed by atoms with Crippen LogP contribution in [0.4, 0.5) is 0 Å². The number of rotatable bonds is 4. The van der Waals surface area contributed by atoms with Crippen molar-refractivity contribution >= 4 is 24.7 Å². The number of aryl methyl sites for hydroxylation is 1. The Bertz CT molecular complexity index is 570. The van der Waals surface area contributed by atoms with Crippen molar-refractivity contribution in [1.82, 2.24) is 0 Å². The van der Waals surface area contributed by atoms with Crippen LogP contribution in [0, 0.1) is 6.92 Å². The third-order valence-electron chi connectivity index (χ3n) is 4.55. The maximum Gasteiger partial charge on any atom is 0.466 e. The van der Waals surface area contributed by atoms with Crippen LogP contribution in [0.2, 0.25) is 5.02 Å². The van der Waals surface area contributed by atoms with Gasteiger partial charge in [-0.15, -0.1) is 0 Å². The fourth-order valence-electron chi connectivity index (χ4n) is 2.53. The zero-order valence-electron chi connectivity index (χ0n) is 13.6. The van der Waals surface area contributed by atoms with Gasteiger partial charge in [0.25, 0.3) is 0 Å². The number of benzene rings is 1. The average molecular weight is 325 g/mol. The molecule has 1 fully saturated rings. The lowest BCUT2D eigenvalue weighted by atomic mass is 9.66. The summed E-state index contributed by atoms with van der Waals surface area (Å²) in [6.07, 6.45) is -0.0976. The lowest BCUT2D eigenvalue weighted by Crippen LogP contribution is -2.41. The van der Waals surface area contributed by atoms with Crippen LogP contribution in [0.5, 0.6) is 0 Å². The zero-order valence-corrected chi connectivity index (χ0v) is 14.4. The second-order valence-electron chi connectivity index (χ2n) is 6.85. The van der Waals surface area contributed by atoms with Crippen LogP contribution in [0.15, 0.2) is 18.2 Å². The predicted octanol–water partition coefficient (Wildman–Crippen LogP) is 3.84. The van der Waals surface area contributed by atoms with Crippen molar-refractivity contribution in [3.8, 4) is 0 Å². The molecule has 1 unspecified atom stereocenters. The molecule has 0 radical (unpaired) electrons. The Balaban J connectivity index is 2.38. The second-order valence-corrected chi connectivity index (χ2v) is 7.26. The number of carbonyl (C=O) groups is 1. The van der Waals surface area contributed by atoms with E-state index in [0.717, 1.165) is 11.1 Å². The fraction of sp³-hybridized carbons (Fsp3) is 0.562. The van der Waals surface area contributed by atoms with Crippen molar-refractivity contribution in [2.75, 3.05) is 0 Å². The molecular weight excluding hydrogens is 302 g/mol. The minimum atomic E-state index is -0.906. The number of carboxylic acid groups (broad SMARTS) is 1. The smallest absolute Gasteiger partial charge is 0.466 e. The van der Waals surface area contributed by atoms with Gasteiger partial charge in [0.15, 0.2) is 0 Å². The van der Waals surface area contributed by atoms with E-state index in [1.807, 2.05) is 52.8 Å². The number of aliphatic carboxylic acids is 1. The van der Waals surface area contributed by atoms with E-state index >= 15 is 0 Å². The number of carboxylic acids is 1. The minimum absolute atomic E-state index is 0.0976. The monoisotopic (exact) mass is 324 g/mol.